The molecule has 10 heteroatoms. The standard InChI is InChI=1S/C15H10N6O2S2/c22-12(11-5-2-6-23-11)18-14(24)17-10-4-1-3-9(7-10)13-20-21-8-16-19-15(21)25-13/h1-8H,(H2,17,18,22,24). The van der Waals surface area contributed by atoms with Crippen molar-refractivity contribution < 1.29 is 9.21 Å². The average molecular weight is 370 g/mol. The Morgan fingerprint density at radius 3 is 3.00 bits per heavy atom. The Balaban J connectivity index is 1.48. The van der Waals surface area contributed by atoms with E-state index in [0.717, 1.165) is 21.2 Å². The van der Waals surface area contributed by atoms with Gasteiger partial charge in [0.2, 0.25) is 4.96 Å². The van der Waals surface area contributed by atoms with Crippen LogP contribution in [0, 0.1) is 0 Å². The lowest BCUT2D eigenvalue weighted by Crippen LogP contribution is -2.33. The molecule has 124 valence electrons. The molecule has 0 unspecified atom stereocenters. The van der Waals surface area contributed by atoms with Gasteiger partial charge in [0.1, 0.15) is 11.3 Å². The maximum atomic E-state index is 11.9. The molecule has 25 heavy (non-hydrogen) atoms. The maximum absolute atomic E-state index is 11.9. The number of rotatable bonds is 3. The van der Waals surface area contributed by atoms with Crippen LogP contribution in [0.25, 0.3) is 15.5 Å². The van der Waals surface area contributed by atoms with E-state index in [4.69, 9.17) is 16.6 Å². The first-order chi connectivity index (χ1) is 12.2. The van der Waals surface area contributed by atoms with E-state index >= 15 is 0 Å². The molecular weight excluding hydrogens is 360 g/mol. The number of furan rings is 1. The molecule has 3 heterocycles. The molecule has 0 saturated carbocycles. The quantitative estimate of drug-likeness (QED) is 0.535. The number of nitrogens with one attached hydrogen (secondary N) is 2. The highest BCUT2D eigenvalue weighted by molar-refractivity contribution is 7.80. The lowest BCUT2D eigenvalue weighted by molar-refractivity contribution is 0.0950. The molecule has 1 aromatic carbocycles. The molecule has 2 N–H and O–H groups in total. The second-order valence-electron chi connectivity index (χ2n) is 4.93. The summed E-state index contributed by atoms with van der Waals surface area (Å²) < 4.78 is 6.64. The SMILES string of the molecule is O=C(NC(=S)Nc1cccc(-c2nn3cnnc3s2)c1)c1ccco1. The third kappa shape index (κ3) is 3.25. The predicted octanol–water partition coefficient (Wildman–Crippen LogP) is 2.57. The van der Waals surface area contributed by atoms with Crippen LogP contribution >= 0.6 is 23.6 Å². The first-order valence-electron chi connectivity index (χ1n) is 7.12. The smallest absolute Gasteiger partial charge is 0.293 e. The van der Waals surface area contributed by atoms with E-state index in [-0.39, 0.29) is 10.9 Å². The van der Waals surface area contributed by atoms with Crippen molar-refractivity contribution >= 4 is 45.2 Å². The molecule has 0 radical (unpaired) electrons. The Morgan fingerprint density at radius 1 is 1.28 bits per heavy atom. The molecule has 4 aromatic rings. The van der Waals surface area contributed by atoms with Crippen molar-refractivity contribution in [3.8, 4) is 10.6 Å². The molecule has 0 atom stereocenters. The Morgan fingerprint density at radius 2 is 2.20 bits per heavy atom. The third-order valence-electron chi connectivity index (χ3n) is 3.23. The molecule has 1 amide bonds. The Bertz CT molecular complexity index is 1020. The van der Waals surface area contributed by atoms with Gasteiger partial charge in [-0.25, -0.2) is 0 Å². The number of hydrogen-bond donors (Lipinski definition) is 2. The van der Waals surface area contributed by atoms with Gasteiger partial charge in [-0.3, -0.25) is 10.1 Å². The number of benzene rings is 1. The van der Waals surface area contributed by atoms with Crippen LogP contribution < -0.4 is 10.6 Å². The zero-order valence-corrected chi connectivity index (χ0v) is 14.2. The van der Waals surface area contributed by atoms with Crippen LogP contribution in [0.5, 0.6) is 0 Å². The Hall–Kier alpha value is -3.11. The number of hydrogen-bond acceptors (Lipinski definition) is 7. The molecule has 0 spiro atoms. The van der Waals surface area contributed by atoms with Gasteiger partial charge in [-0.05, 0) is 36.5 Å². The van der Waals surface area contributed by atoms with Gasteiger partial charge in [0, 0.05) is 11.3 Å². The van der Waals surface area contributed by atoms with Gasteiger partial charge in [-0.1, -0.05) is 23.5 Å². The summed E-state index contributed by atoms with van der Waals surface area (Å²) in [6.45, 7) is 0. The minimum Gasteiger partial charge on any atom is -0.459 e. The van der Waals surface area contributed by atoms with Crippen LogP contribution in [0.1, 0.15) is 10.6 Å². The fraction of sp³-hybridized carbons (Fsp3) is 0. The molecule has 0 saturated heterocycles. The summed E-state index contributed by atoms with van der Waals surface area (Å²) in [5, 5.41) is 18.7. The van der Waals surface area contributed by atoms with Crippen molar-refractivity contribution in [2.75, 3.05) is 5.32 Å². The lowest BCUT2D eigenvalue weighted by atomic mass is 10.2. The molecular formula is C15H10N6O2S2. The zero-order valence-electron chi connectivity index (χ0n) is 12.5. The molecule has 0 aliphatic heterocycles. The van der Waals surface area contributed by atoms with Gasteiger partial charge in [0.25, 0.3) is 5.91 Å². The summed E-state index contributed by atoms with van der Waals surface area (Å²) in [7, 11) is 0. The van der Waals surface area contributed by atoms with Crippen LogP contribution in [-0.2, 0) is 0 Å². The van der Waals surface area contributed by atoms with Gasteiger partial charge >= 0.3 is 0 Å². The Kier molecular flexibility index (Phi) is 3.96. The molecule has 3 aromatic heterocycles. The normalized spacial score (nSPS) is 10.7. The minimum absolute atomic E-state index is 0.177. The summed E-state index contributed by atoms with van der Waals surface area (Å²) in [6.07, 6.45) is 2.98. The number of carbonyl (C=O) groups excluding carboxylic acids is 1. The van der Waals surface area contributed by atoms with Gasteiger partial charge in [0.15, 0.2) is 10.9 Å². The Labute approximate surface area is 150 Å². The number of anilines is 1. The van der Waals surface area contributed by atoms with Crippen molar-refractivity contribution in [1.29, 1.82) is 0 Å². The monoisotopic (exact) mass is 370 g/mol. The molecule has 4 rings (SSSR count). The van der Waals surface area contributed by atoms with E-state index in [0.29, 0.717) is 0 Å². The summed E-state index contributed by atoms with van der Waals surface area (Å²) in [5.41, 5.74) is 1.63. The van der Waals surface area contributed by atoms with Crippen molar-refractivity contribution in [3.05, 3.63) is 54.7 Å². The summed E-state index contributed by atoms with van der Waals surface area (Å²) >= 11 is 6.59. The van der Waals surface area contributed by atoms with Crippen LogP contribution in [0.15, 0.2) is 53.4 Å². The lowest BCUT2D eigenvalue weighted by Gasteiger charge is -2.09. The average Bonchev–Trinajstić information content (AvgIpc) is 3.32. The van der Waals surface area contributed by atoms with Crippen molar-refractivity contribution in [1.82, 2.24) is 25.1 Å². The molecule has 0 fully saturated rings. The molecule has 8 nitrogen and oxygen atoms in total. The summed E-state index contributed by atoms with van der Waals surface area (Å²) in [4.78, 5) is 12.6. The minimum atomic E-state index is -0.410. The van der Waals surface area contributed by atoms with Crippen LogP contribution in [-0.4, -0.2) is 30.8 Å². The van der Waals surface area contributed by atoms with Crippen molar-refractivity contribution in [3.63, 3.8) is 0 Å². The number of aromatic nitrogens is 4. The van der Waals surface area contributed by atoms with E-state index in [9.17, 15) is 4.79 Å². The fourth-order valence-electron chi connectivity index (χ4n) is 2.14. The van der Waals surface area contributed by atoms with E-state index in [1.807, 2.05) is 24.3 Å². The summed E-state index contributed by atoms with van der Waals surface area (Å²) in [5.74, 6) is -0.218. The van der Waals surface area contributed by atoms with E-state index in [1.54, 1.807) is 23.0 Å². The van der Waals surface area contributed by atoms with E-state index in [2.05, 4.69) is 25.9 Å². The van der Waals surface area contributed by atoms with Gasteiger partial charge in [-0.15, -0.1) is 10.2 Å². The largest absolute Gasteiger partial charge is 0.459 e. The second-order valence-corrected chi connectivity index (χ2v) is 6.30. The molecule has 0 bridgehead atoms. The highest BCUT2D eigenvalue weighted by Crippen LogP contribution is 2.26. The number of amides is 1. The highest BCUT2D eigenvalue weighted by Gasteiger charge is 2.11. The summed E-state index contributed by atoms with van der Waals surface area (Å²) in [6, 6.07) is 10.7. The molecule has 0 aliphatic rings. The van der Waals surface area contributed by atoms with Crippen LogP contribution in [0.2, 0.25) is 0 Å². The van der Waals surface area contributed by atoms with Crippen molar-refractivity contribution in [2.45, 2.75) is 0 Å². The van der Waals surface area contributed by atoms with Gasteiger partial charge in [0.05, 0.1) is 6.26 Å². The van der Waals surface area contributed by atoms with E-state index < -0.39 is 5.91 Å². The fourth-order valence-corrected chi connectivity index (χ4v) is 3.17. The first kappa shape index (κ1) is 15.4. The predicted molar refractivity (Wildman–Crippen MR) is 96.5 cm³/mol. The number of fused-ring (bicyclic) bond motifs is 1. The third-order valence-corrected chi connectivity index (χ3v) is 4.39. The van der Waals surface area contributed by atoms with E-state index in [1.165, 1.54) is 17.6 Å². The first-order valence-corrected chi connectivity index (χ1v) is 8.34. The van der Waals surface area contributed by atoms with Crippen molar-refractivity contribution in [2.24, 2.45) is 0 Å². The highest BCUT2D eigenvalue weighted by atomic mass is 32.1. The topological polar surface area (TPSA) is 97.4 Å². The van der Waals surface area contributed by atoms with Gasteiger partial charge < -0.3 is 9.73 Å². The van der Waals surface area contributed by atoms with Gasteiger partial charge in [-0.2, -0.15) is 9.61 Å². The second kappa shape index (κ2) is 6.42. The number of carbonyl (C=O) groups is 1. The van der Waals surface area contributed by atoms with Crippen LogP contribution in [0.4, 0.5) is 5.69 Å². The molecule has 0 aliphatic carbocycles. The van der Waals surface area contributed by atoms with Crippen LogP contribution in [0.3, 0.4) is 0 Å². The zero-order chi connectivity index (χ0) is 17.2. The maximum Gasteiger partial charge on any atom is 0.293 e. The number of thiocarbonyl (C=S) groups is 1. The number of nitrogens with zero attached hydrogens (tertiary/aromatic N) is 4.